The van der Waals surface area contributed by atoms with Crippen LogP contribution in [0.15, 0.2) is 36.4 Å². The number of anilines is 1. The number of H-pyrrole nitrogens is 1. The molecule has 4 atom stereocenters. The largest absolute Gasteiger partial charge is 0.276 e. The molecule has 2 aromatic rings. The van der Waals surface area contributed by atoms with E-state index in [0.717, 1.165) is 17.3 Å². The Kier molecular flexibility index (Phi) is 1.93. The molecule has 5 heteroatoms. The van der Waals surface area contributed by atoms with Gasteiger partial charge in [-0.05, 0) is 30.4 Å². The molecular formula is C16H13N3O2. The quantitative estimate of drug-likeness (QED) is 0.640. The van der Waals surface area contributed by atoms with Crippen LogP contribution in [0.5, 0.6) is 0 Å². The monoisotopic (exact) mass is 279 g/mol. The zero-order chi connectivity index (χ0) is 14.1. The number of carbonyl (C=O) groups is 2. The number of aromatic nitrogens is 2. The van der Waals surface area contributed by atoms with Gasteiger partial charge < -0.3 is 0 Å². The topological polar surface area (TPSA) is 66.1 Å². The Morgan fingerprint density at radius 1 is 1.05 bits per heavy atom. The van der Waals surface area contributed by atoms with Gasteiger partial charge in [0.25, 0.3) is 0 Å². The number of imide groups is 1. The van der Waals surface area contributed by atoms with Crippen molar-refractivity contribution < 1.29 is 9.59 Å². The van der Waals surface area contributed by atoms with Crippen molar-refractivity contribution in [2.24, 2.45) is 23.7 Å². The molecule has 3 aliphatic rings. The number of rotatable bonds is 1. The second kappa shape index (κ2) is 3.61. The van der Waals surface area contributed by atoms with Gasteiger partial charge in [0.2, 0.25) is 11.8 Å². The van der Waals surface area contributed by atoms with Gasteiger partial charge in [-0.25, -0.2) is 4.90 Å². The number of amides is 2. The average molecular weight is 279 g/mol. The molecule has 0 spiro atoms. The van der Waals surface area contributed by atoms with E-state index < -0.39 is 0 Å². The van der Waals surface area contributed by atoms with Crippen LogP contribution < -0.4 is 4.90 Å². The summed E-state index contributed by atoms with van der Waals surface area (Å²) in [7, 11) is 0. The average Bonchev–Trinajstić information content (AvgIpc) is 3.23. The molecule has 2 aliphatic carbocycles. The molecule has 1 saturated heterocycles. The van der Waals surface area contributed by atoms with Crippen LogP contribution in [-0.4, -0.2) is 22.0 Å². The number of carbonyl (C=O) groups excluding carboxylic acids is 2. The summed E-state index contributed by atoms with van der Waals surface area (Å²) in [5.74, 6) is 0.386. The molecule has 2 amide bonds. The van der Waals surface area contributed by atoms with E-state index >= 15 is 0 Å². The number of nitrogens with zero attached hydrogens (tertiary/aromatic N) is 2. The third kappa shape index (κ3) is 1.24. The molecular weight excluding hydrogens is 266 g/mol. The Morgan fingerprint density at radius 2 is 1.71 bits per heavy atom. The van der Waals surface area contributed by atoms with Crippen molar-refractivity contribution in [1.29, 1.82) is 0 Å². The van der Waals surface area contributed by atoms with Gasteiger partial charge in [0, 0.05) is 5.39 Å². The van der Waals surface area contributed by atoms with E-state index in [4.69, 9.17) is 0 Å². The Balaban J connectivity index is 1.65. The maximum atomic E-state index is 12.7. The lowest BCUT2D eigenvalue weighted by molar-refractivity contribution is -0.123. The van der Waals surface area contributed by atoms with E-state index in [1.165, 1.54) is 4.90 Å². The van der Waals surface area contributed by atoms with E-state index in [1.807, 2.05) is 24.3 Å². The summed E-state index contributed by atoms with van der Waals surface area (Å²) in [4.78, 5) is 26.8. The first-order chi connectivity index (χ1) is 10.3. The van der Waals surface area contributed by atoms with Gasteiger partial charge in [0.15, 0.2) is 5.82 Å². The van der Waals surface area contributed by atoms with Crippen molar-refractivity contribution in [2.75, 3.05) is 4.90 Å². The smallest absolute Gasteiger partial charge is 0.239 e. The van der Waals surface area contributed by atoms with Gasteiger partial charge in [-0.15, -0.1) is 0 Å². The van der Waals surface area contributed by atoms with Gasteiger partial charge in [-0.2, -0.15) is 5.10 Å². The molecule has 1 N–H and O–H groups in total. The molecule has 1 aromatic heterocycles. The number of allylic oxidation sites excluding steroid dienone is 2. The van der Waals surface area contributed by atoms with E-state index in [9.17, 15) is 9.59 Å². The lowest BCUT2D eigenvalue weighted by atomic mass is 9.85. The first-order valence-electron chi connectivity index (χ1n) is 7.25. The third-order valence-corrected chi connectivity index (χ3v) is 5.13. The van der Waals surface area contributed by atoms with Crippen molar-refractivity contribution >= 4 is 28.5 Å². The maximum absolute atomic E-state index is 12.7. The fourth-order valence-electron chi connectivity index (χ4n) is 4.23. The highest BCUT2D eigenvalue weighted by Gasteiger charge is 2.60. The molecule has 1 aromatic carbocycles. The van der Waals surface area contributed by atoms with Crippen molar-refractivity contribution in [3.05, 3.63) is 36.4 Å². The molecule has 0 radical (unpaired) electrons. The van der Waals surface area contributed by atoms with E-state index in [0.29, 0.717) is 5.82 Å². The second-order valence-electron chi connectivity index (χ2n) is 6.10. The summed E-state index contributed by atoms with van der Waals surface area (Å²) in [5.41, 5.74) is 0.839. The molecule has 2 heterocycles. The predicted octanol–water partition coefficient (Wildman–Crippen LogP) is 1.87. The zero-order valence-electron chi connectivity index (χ0n) is 11.2. The lowest BCUT2D eigenvalue weighted by Gasteiger charge is -2.14. The number of aromatic amines is 1. The van der Waals surface area contributed by atoms with Crippen molar-refractivity contribution in [3.8, 4) is 0 Å². The lowest BCUT2D eigenvalue weighted by Crippen LogP contribution is -2.33. The molecule has 2 fully saturated rings. The number of hydrogen-bond acceptors (Lipinski definition) is 3. The van der Waals surface area contributed by atoms with Crippen LogP contribution in [0.4, 0.5) is 5.82 Å². The molecule has 104 valence electrons. The molecule has 1 aliphatic heterocycles. The zero-order valence-corrected chi connectivity index (χ0v) is 11.2. The molecule has 2 bridgehead atoms. The number of fused-ring (bicyclic) bond motifs is 6. The van der Waals surface area contributed by atoms with Crippen LogP contribution >= 0.6 is 0 Å². The fraction of sp³-hybridized carbons (Fsp3) is 0.312. The van der Waals surface area contributed by atoms with Crippen LogP contribution in [0.2, 0.25) is 0 Å². The minimum atomic E-state index is -0.178. The van der Waals surface area contributed by atoms with E-state index in [-0.39, 0.29) is 35.5 Å². The predicted molar refractivity (Wildman–Crippen MR) is 76.3 cm³/mol. The Hall–Kier alpha value is -2.43. The molecule has 21 heavy (non-hydrogen) atoms. The fourth-order valence-corrected chi connectivity index (χ4v) is 4.23. The van der Waals surface area contributed by atoms with Crippen molar-refractivity contribution in [1.82, 2.24) is 10.2 Å². The Morgan fingerprint density at radius 3 is 2.43 bits per heavy atom. The minimum Gasteiger partial charge on any atom is -0.276 e. The normalized spacial score (nSPS) is 33.4. The number of para-hydroxylation sites is 1. The summed E-state index contributed by atoms with van der Waals surface area (Å²) in [6, 6.07) is 7.56. The molecule has 4 unspecified atom stereocenters. The molecule has 1 saturated carbocycles. The van der Waals surface area contributed by atoms with Gasteiger partial charge >= 0.3 is 0 Å². The SMILES string of the molecule is O=C1C2C3C=CC(C3)C2C(=O)N1c1n[nH]c2ccccc12. The standard InChI is InChI=1S/C16H13N3O2/c20-15-12-8-5-6-9(7-8)13(12)16(21)19(15)14-10-3-1-2-4-11(10)17-18-14/h1-6,8-9,12-13H,7H2,(H,17,18). The summed E-state index contributed by atoms with van der Waals surface area (Å²) in [6.07, 6.45) is 5.15. The third-order valence-electron chi connectivity index (χ3n) is 5.13. The first kappa shape index (κ1) is 11.3. The van der Waals surface area contributed by atoms with Crippen molar-refractivity contribution in [2.45, 2.75) is 6.42 Å². The second-order valence-corrected chi connectivity index (χ2v) is 6.10. The van der Waals surface area contributed by atoms with Gasteiger partial charge in [0.05, 0.1) is 17.4 Å². The summed E-state index contributed by atoms with van der Waals surface area (Å²) >= 11 is 0. The molecule has 5 nitrogen and oxygen atoms in total. The van der Waals surface area contributed by atoms with Crippen LogP contribution in [0.3, 0.4) is 0 Å². The van der Waals surface area contributed by atoms with Gasteiger partial charge in [-0.3, -0.25) is 14.7 Å². The Labute approximate surface area is 120 Å². The minimum absolute atomic E-state index is 0.0842. The van der Waals surface area contributed by atoms with Crippen LogP contribution in [-0.2, 0) is 9.59 Å². The highest BCUT2D eigenvalue weighted by atomic mass is 16.2. The van der Waals surface area contributed by atoms with Crippen LogP contribution in [0, 0.1) is 23.7 Å². The molecule has 5 rings (SSSR count). The van der Waals surface area contributed by atoms with Crippen LogP contribution in [0.1, 0.15) is 6.42 Å². The van der Waals surface area contributed by atoms with Gasteiger partial charge in [-0.1, -0.05) is 24.3 Å². The number of benzene rings is 1. The summed E-state index contributed by atoms with van der Waals surface area (Å²) < 4.78 is 0. The Bertz CT molecular complexity index is 792. The number of nitrogens with one attached hydrogen (secondary N) is 1. The highest BCUT2D eigenvalue weighted by molar-refractivity contribution is 6.24. The summed E-state index contributed by atoms with van der Waals surface area (Å²) in [6.45, 7) is 0. The van der Waals surface area contributed by atoms with Gasteiger partial charge in [0.1, 0.15) is 0 Å². The number of hydrogen-bond donors (Lipinski definition) is 1. The maximum Gasteiger partial charge on any atom is 0.239 e. The first-order valence-corrected chi connectivity index (χ1v) is 7.25. The highest BCUT2D eigenvalue weighted by Crippen LogP contribution is 2.53. The van der Waals surface area contributed by atoms with E-state index in [1.54, 1.807) is 0 Å². The van der Waals surface area contributed by atoms with Crippen LogP contribution in [0.25, 0.3) is 10.9 Å². The van der Waals surface area contributed by atoms with Crippen molar-refractivity contribution in [3.63, 3.8) is 0 Å². The summed E-state index contributed by atoms with van der Waals surface area (Å²) in [5, 5.41) is 7.93. The van der Waals surface area contributed by atoms with E-state index in [2.05, 4.69) is 22.3 Å².